The van der Waals surface area contributed by atoms with Gasteiger partial charge in [-0.3, -0.25) is 14.3 Å². The molecule has 0 bridgehead atoms. The molecule has 2 aromatic carbocycles. The van der Waals surface area contributed by atoms with Crippen LogP contribution in [-0.2, 0) is 22.4 Å². The quantitative estimate of drug-likeness (QED) is 0.220. The Balaban J connectivity index is 1.28. The zero-order chi connectivity index (χ0) is 33.1. The molecule has 2 unspecified atom stereocenters. The average Bonchev–Trinajstić information content (AvgIpc) is 3.72. The lowest BCUT2D eigenvalue weighted by molar-refractivity contribution is -0.143. The Morgan fingerprint density at radius 3 is 2.43 bits per heavy atom. The van der Waals surface area contributed by atoms with E-state index in [0.29, 0.717) is 37.6 Å². The maximum atomic E-state index is 14.4. The van der Waals surface area contributed by atoms with Crippen LogP contribution in [0.3, 0.4) is 0 Å². The van der Waals surface area contributed by atoms with Crippen molar-refractivity contribution in [3.63, 3.8) is 0 Å². The van der Waals surface area contributed by atoms with Crippen LogP contribution in [0.5, 0.6) is 0 Å². The van der Waals surface area contributed by atoms with Gasteiger partial charge >= 0.3 is 6.41 Å². The molecule has 4 aromatic rings. The number of nitrogens with zero attached hydrogens (tertiary/aromatic N) is 6. The summed E-state index contributed by atoms with van der Waals surface area (Å²) in [5.41, 5.74) is 4.71. The summed E-state index contributed by atoms with van der Waals surface area (Å²) in [5, 5.41) is 29.3. The van der Waals surface area contributed by atoms with Gasteiger partial charge in [0.05, 0.1) is 24.0 Å². The lowest BCUT2D eigenvalue weighted by atomic mass is 9.92. The third-order valence-electron chi connectivity index (χ3n) is 9.64. The first kappa shape index (κ1) is 32.9. The van der Waals surface area contributed by atoms with Crippen molar-refractivity contribution >= 4 is 11.6 Å². The van der Waals surface area contributed by atoms with Crippen molar-refractivity contribution in [3.8, 4) is 11.1 Å². The van der Waals surface area contributed by atoms with Crippen molar-refractivity contribution in [3.05, 3.63) is 87.6 Å². The molecule has 2 aromatic heterocycles. The summed E-state index contributed by atoms with van der Waals surface area (Å²) >= 11 is 0. The summed E-state index contributed by atoms with van der Waals surface area (Å²) in [6.07, 6.45) is 6.46. The van der Waals surface area contributed by atoms with Crippen LogP contribution >= 0.6 is 0 Å². The van der Waals surface area contributed by atoms with E-state index >= 15 is 0 Å². The highest BCUT2D eigenvalue weighted by Gasteiger charge is 2.31. The standard InChI is InChI=1S/C36H46N6O5/c1-5-10-31-30(21-24-13-15-25(16-14-24)28-11-8-9-12-29(28)32-39-47-35(44)40(32)7-3)33(43)41(34-37-23-38-42(31)34)26-17-19-27(20-18-26)46-22-36(4,45)6-2/h8-9,11-16,23,26-27,35,44-45H,5-7,10,17-22H2,1-4H3. The summed E-state index contributed by atoms with van der Waals surface area (Å²) in [6.45, 7) is 8.69. The molecule has 11 nitrogen and oxygen atoms in total. The van der Waals surface area contributed by atoms with Crippen LogP contribution in [0.15, 0.2) is 64.8 Å². The van der Waals surface area contributed by atoms with E-state index in [9.17, 15) is 15.0 Å². The second-order valence-electron chi connectivity index (χ2n) is 13.0. The molecule has 1 aliphatic heterocycles. The molecule has 0 saturated heterocycles. The Morgan fingerprint density at radius 2 is 1.74 bits per heavy atom. The molecule has 6 rings (SSSR count). The van der Waals surface area contributed by atoms with Gasteiger partial charge in [-0.1, -0.05) is 74.0 Å². The number of ether oxygens (including phenoxy) is 1. The Morgan fingerprint density at radius 1 is 1.02 bits per heavy atom. The number of benzene rings is 2. The topological polar surface area (TPSA) is 127 Å². The molecular formula is C36H46N6O5. The number of hydrogen-bond acceptors (Lipinski definition) is 9. The first-order valence-electron chi connectivity index (χ1n) is 16.9. The van der Waals surface area contributed by atoms with Crippen molar-refractivity contribution in [2.24, 2.45) is 5.16 Å². The molecule has 250 valence electrons. The summed E-state index contributed by atoms with van der Waals surface area (Å²) in [5.74, 6) is 1.19. The van der Waals surface area contributed by atoms with E-state index < -0.39 is 12.0 Å². The van der Waals surface area contributed by atoms with Gasteiger partial charge in [-0.05, 0) is 69.1 Å². The predicted octanol–water partition coefficient (Wildman–Crippen LogP) is 5.05. The Bertz CT molecular complexity index is 1770. The summed E-state index contributed by atoms with van der Waals surface area (Å²) < 4.78 is 9.81. The number of oxime groups is 1. The predicted molar refractivity (Wildman–Crippen MR) is 180 cm³/mol. The second-order valence-corrected chi connectivity index (χ2v) is 13.0. The third kappa shape index (κ3) is 6.70. The lowest BCUT2D eigenvalue weighted by Gasteiger charge is -2.32. The Labute approximate surface area is 275 Å². The van der Waals surface area contributed by atoms with Crippen LogP contribution in [0, 0.1) is 0 Å². The first-order chi connectivity index (χ1) is 22.7. The van der Waals surface area contributed by atoms with E-state index in [-0.39, 0.29) is 17.7 Å². The van der Waals surface area contributed by atoms with Crippen LogP contribution in [0.1, 0.15) is 94.6 Å². The molecule has 1 saturated carbocycles. The number of rotatable bonds is 12. The van der Waals surface area contributed by atoms with E-state index in [1.165, 1.54) is 0 Å². The number of aliphatic hydroxyl groups is 2. The summed E-state index contributed by atoms with van der Waals surface area (Å²) in [6, 6.07) is 16.2. The molecule has 3 heterocycles. The molecule has 1 fully saturated rings. The van der Waals surface area contributed by atoms with Crippen LogP contribution in [0.2, 0.25) is 0 Å². The largest absolute Gasteiger partial charge is 0.388 e. The molecule has 1 aliphatic carbocycles. The van der Waals surface area contributed by atoms with Gasteiger partial charge in [0.15, 0.2) is 5.84 Å². The molecule has 2 N–H and O–H groups in total. The number of aliphatic hydroxyl groups excluding tert-OH is 1. The average molecular weight is 643 g/mol. The number of hydrogen-bond donors (Lipinski definition) is 2. The molecule has 2 aliphatic rings. The Kier molecular flexibility index (Phi) is 9.77. The normalized spacial score (nSPS) is 21.1. The Hall–Kier alpha value is -4.06. The number of aromatic nitrogens is 4. The van der Waals surface area contributed by atoms with Gasteiger partial charge in [0, 0.05) is 30.1 Å². The third-order valence-corrected chi connectivity index (χ3v) is 9.64. The maximum absolute atomic E-state index is 14.4. The molecule has 0 amide bonds. The summed E-state index contributed by atoms with van der Waals surface area (Å²) in [7, 11) is 0. The molecule has 0 radical (unpaired) electrons. The highest BCUT2D eigenvalue weighted by atomic mass is 16.7. The zero-order valence-electron chi connectivity index (χ0n) is 27.8. The fourth-order valence-corrected chi connectivity index (χ4v) is 6.70. The highest BCUT2D eigenvalue weighted by Crippen LogP contribution is 2.32. The fraction of sp³-hybridized carbons (Fsp3) is 0.500. The minimum atomic E-state index is -1.10. The molecule has 11 heteroatoms. The number of aryl methyl sites for hydroxylation is 1. The van der Waals surface area contributed by atoms with Gasteiger partial charge in [-0.15, -0.1) is 0 Å². The van der Waals surface area contributed by atoms with Gasteiger partial charge in [0.25, 0.3) is 5.56 Å². The molecular weight excluding hydrogens is 596 g/mol. The van der Waals surface area contributed by atoms with Gasteiger partial charge in [0.1, 0.15) is 6.33 Å². The van der Waals surface area contributed by atoms with Crippen molar-refractivity contribution in [1.82, 2.24) is 24.1 Å². The number of amidine groups is 1. The van der Waals surface area contributed by atoms with E-state index in [2.05, 4.69) is 46.4 Å². The van der Waals surface area contributed by atoms with E-state index in [1.807, 2.05) is 47.2 Å². The maximum Gasteiger partial charge on any atom is 0.307 e. The van der Waals surface area contributed by atoms with Crippen molar-refractivity contribution in [1.29, 1.82) is 0 Å². The van der Waals surface area contributed by atoms with Crippen LogP contribution < -0.4 is 5.56 Å². The van der Waals surface area contributed by atoms with Crippen molar-refractivity contribution in [2.45, 2.75) is 103 Å². The van der Waals surface area contributed by atoms with Gasteiger partial charge < -0.3 is 19.8 Å². The van der Waals surface area contributed by atoms with Crippen LogP contribution in [-0.4, -0.2) is 71.4 Å². The lowest BCUT2D eigenvalue weighted by Crippen LogP contribution is -2.36. The van der Waals surface area contributed by atoms with Gasteiger partial charge in [0.2, 0.25) is 5.78 Å². The minimum Gasteiger partial charge on any atom is -0.388 e. The van der Waals surface area contributed by atoms with E-state index in [0.717, 1.165) is 72.0 Å². The molecule has 2 atom stereocenters. The fourth-order valence-electron chi connectivity index (χ4n) is 6.70. The second kappa shape index (κ2) is 14.0. The van der Waals surface area contributed by atoms with Gasteiger partial charge in [-0.25, -0.2) is 4.52 Å². The molecule has 47 heavy (non-hydrogen) atoms. The van der Waals surface area contributed by atoms with E-state index in [4.69, 9.17) is 9.57 Å². The minimum absolute atomic E-state index is 0.000818. The van der Waals surface area contributed by atoms with E-state index in [1.54, 1.807) is 18.2 Å². The van der Waals surface area contributed by atoms with Crippen LogP contribution in [0.4, 0.5) is 0 Å². The smallest absolute Gasteiger partial charge is 0.307 e. The first-order valence-corrected chi connectivity index (χ1v) is 16.9. The number of fused-ring (bicyclic) bond motifs is 1. The SMILES string of the molecule is CCCc1c(Cc2ccc(-c3ccccc3C3=NOC(O)N3CC)cc2)c(=O)n(C2CCC(OCC(C)(O)CC)CC2)c2ncnn12. The summed E-state index contributed by atoms with van der Waals surface area (Å²) in [4.78, 5) is 25.8. The van der Waals surface area contributed by atoms with Crippen LogP contribution in [0.25, 0.3) is 16.9 Å². The highest BCUT2D eigenvalue weighted by molar-refractivity contribution is 6.04. The monoisotopic (exact) mass is 642 g/mol. The van der Waals surface area contributed by atoms with Gasteiger partial charge in [-0.2, -0.15) is 10.1 Å². The molecule has 0 spiro atoms. The van der Waals surface area contributed by atoms with Crippen molar-refractivity contribution in [2.75, 3.05) is 13.2 Å². The van der Waals surface area contributed by atoms with Crippen molar-refractivity contribution < 1.29 is 19.8 Å². The zero-order valence-corrected chi connectivity index (χ0v) is 27.8.